The van der Waals surface area contributed by atoms with Crippen LogP contribution < -0.4 is 11.6 Å². The molecule has 0 amide bonds. The maximum absolute atomic E-state index is 12.6. The van der Waals surface area contributed by atoms with Gasteiger partial charge < -0.3 is 11.6 Å². The minimum atomic E-state index is -4.37. The molecule has 7 heteroatoms. The summed E-state index contributed by atoms with van der Waals surface area (Å²) in [5, 5.41) is 0. The normalized spacial score (nSPS) is 12.7. The van der Waals surface area contributed by atoms with Crippen molar-refractivity contribution < 1.29 is 13.2 Å². The van der Waals surface area contributed by atoms with E-state index in [0.717, 1.165) is 12.1 Å². The molecule has 0 aliphatic carbocycles. The zero-order chi connectivity index (χ0) is 16.0. The van der Waals surface area contributed by atoms with Gasteiger partial charge in [0.2, 0.25) is 0 Å². The molecule has 0 aliphatic rings. The van der Waals surface area contributed by atoms with Crippen molar-refractivity contribution in [2.75, 3.05) is 11.6 Å². The maximum atomic E-state index is 12.6. The summed E-state index contributed by atoms with van der Waals surface area (Å²) in [6, 6.07) is 4.68. The van der Waals surface area contributed by atoms with Crippen molar-refractivity contribution in [2.24, 2.45) is 0 Å². The van der Waals surface area contributed by atoms with E-state index in [4.69, 9.17) is 11.6 Å². The molecule has 2 aromatic rings. The Labute approximate surface area is 120 Å². The van der Waals surface area contributed by atoms with Gasteiger partial charge in [-0.15, -0.1) is 0 Å². The number of imidazole rings is 1. The van der Waals surface area contributed by atoms with Crippen LogP contribution in [0.15, 0.2) is 24.3 Å². The Kier molecular flexibility index (Phi) is 3.39. The van der Waals surface area contributed by atoms with E-state index in [0.29, 0.717) is 17.1 Å². The van der Waals surface area contributed by atoms with Gasteiger partial charge in [-0.05, 0) is 12.1 Å². The maximum Gasteiger partial charge on any atom is 0.416 e. The Balaban J connectivity index is 2.48. The molecule has 1 aromatic carbocycles. The van der Waals surface area contributed by atoms with Gasteiger partial charge >= 0.3 is 6.18 Å². The van der Waals surface area contributed by atoms with Gasteiger partial charge in [-0.1, -0.05) is 32.9 Å². The molecule has 0 unspecified atom stereocenters. The highest BCUT2D eigenvalue weighted by Crippen LogP contribution is 2.33. The molecule has 4 nitrogen and oxygen atoms in total. The molecular weight excluding hydrogens is 281 g/mol. The lowest BCUT2D eigenvalue weighted by Gasteiger charge is -2.17. The molecule has 2 rings (SSSR count). The van der Waals surface area contributed by atoms with Gasteiger partial charge in [0.25, 0.3) is 0 Å². The van der Waals surface area contributed by atoms with Crippen LogP contribution in [0.5, 0.6) is 0 Å². The van der Waals surface area contributed by atoms with Gasteiger partial charge in [0.15, 0.2) is 5.82 Å². The fourth-order valence-corrected chi connectivity index (χ4v) is 2.00. The van der Waals surface area contributed by atoms with Gasteiger partial charge in [0.05, 0.1) is 5.56 Å². The average Bonchev–Trinajstić information content (AvgIpc) is 2.65. The molecule has 0 aliphatic heterocycles. The zero-order valence-corrected chi connectivity index (χ0v) is 12.0. The van der Waals surface area contributed by atoms with Gasteiger partial charge in [0.1, 0.15) is 11.5 Å². The predicted molar refractivity (Wildman–Crippen MR) is 75.9 cm³/mol. The third kappa shape index (κ3) is 2.81. The van der Waals surface area contributed by atoms with Crippen molar-refractivity contribution in [3.05, 3.63) is 35.7 Å². The first kappa shape index (κ1) is 15.2. The first-order valence-corrected chi connectivity index (χ1v) is 6.33. The highest BCUT2D eigenvalue weighted by Gasteiger charge is 2.30. The highest BCUT2D eigenvalue weighted by molar-refractivity contribution is 5.71. The molecule has 21 heavy (non-hydrogen) atoms. The first-order valence-electron chi connectivity index (χ1n) is 6.33. The van der Waals surface area contributed by atoms with Gasteiger partial charge in [-0.3, -0.25) is 0 Å². The third-order valence-electron chi connectivity index (χ3n) is 3.10. The van der Waals surface area contributed by atoms with E-state index in [1.807, 2.05) is 20.8 Å². The smallest absolute Gasteiger partial charge is 0.382 e. The molecule has 0 saturated carbocycles. The van der Waals surface area contributed by atoms with E-state index < -0.39 is 11.7 Å². The quantitative estimate of drug-likeness (QED) is 0.794. The topological polar surface area (TPSA) is 69.9 Å². The second kappa shape index (κ2) is 4.68. The van der Waals surface area contributed by atoms with Crippen LogP contribution >= 0.6 is 0 Å². The molecule has 1 aromatic heterocycles. The van der Waals surface area contributed by atoms with E-state index in [9.17, 15) is 13.2 Å². The zero-order valence-electron chi connectivity index (χ0n) is 12.0. The standard InChI is InChI=1S/C14H17F3N4/c1-13(2,3)12-20-10(11(18)21(12)19)8-4-6-9(7-5-8)14(15,16)17/h4-7H,18-19H2,1-3H3. The number of nitrogens with zero attached hydrogens (tertiary/aromatic N) is 2. The first-order chi connectivity index (χ1) is 9.51. The number of alkyl halides is 3. The molecular formula is C14H17F3N4. The average molecular weight is 298 g/mol. The third-order valence-corrected chi connectivity index (χ3v) is 3.10. The number of anilines is 1. The van der Waals surface area contributed by atoms with E-state index in [1.54, 1.807) is 0 Å². The fraction of sp³-hybridized carbons (Fsp3) is 0.357. The summed E-state index contributed by atoms with van der Waals surface area (Å²) in [6.45, 7) is 5.78. The van der Waals surface area contributed by atoms with Crippen molar-refractivity contribution in [1.82, 2.24) is 9.66 Å². The van der Waals surface area contributed by atoms with Crippen molar-refractivity contribution in [2.45, 2.75) is 32.4 Å². The SMILES string of the molecule is CC(C)(C)c1nc(-c2ccc(C(F)(F)F)cc2)c(N)n1N. The summed E-state index contributed by atoms with van der Waals surface area (Å²) >= 11 is 0. The molecule has 0 saturated heterocycles. The molecule has 114 valence electrons. The minimum absolute atomic E-state index is 0.222. The Morgan fingerprint density at radius 3 is 1.95 bits per heavy atom. The predicted octanol–water partition coefficient (Wildman–Crippen LogP) is 3.16. The van der Waals surface area contributed by atoms with Crippen LogP contribution in [-0.4, -0.2) is 9.66 Å². The lowest BCUT2D eigenvalue weighted by molar-refractivity contribution is -0.137. The summed E-state index contributed by atoms with van der Waals surface area (Å²) in [6.07, 6.45) is -4.37. The Morgan fingerprint density at radius 2 is 1.57 bits per heavy atom. The van der Waals surface area contributed by atoms with E-state index in [1.165, 1.54) is 16.8 Å². The molecule has 0 atom stereocenters. The lowest BCUT2D eigenvalue weighted by atomic mass is 9.96. The van der Waals surface area contributed by atoms with Crippen LogP contribution in [0.25, 0.3) is 11.3 Å². The number of benzene rings is 1. The second-order valence-corrected chi connectivity index (χ2v) is 5.86. The molecule has 0 radical (unpaired) electrons. The number of halogens is 3. The fourth-order valence-electron chi connectivity index (χ4n) is 2.00. The minimum Gasteiger partial charge on any atom is -0.382 e. The Hall–Kier alpha value is -2.18. The van der Waals surface area contributed by atoms with E-state index >= 15 is 0 Å². The molecule has 0 fully saturated rings. The van der Waals surface area contributed by atoms with Crippen LogP contribution in [0.3, 0.4) is 0 Å². The van der Waals surface area contributed by atoms with Gasteiger partial charge in [0, 0.05) is 11.0 Å². The van der Waals surface area contributed by atoms with Crippen molar-refractivity contribution >= 4 is 5.82 Å². The molecule has 4 N–H and O–H groups in total. The molecule has 0 spiro atoms. The van der Waals surface area contributed by atoms with Crippen molar-refractivity contribution in [3.63, 3.8) is 0 Å². The van der Waals surface area contributed by atoms with Crippen LogP contribution in [0, 0.1) is 0 Å². The van der Waals surface area contributed by atoms with Crippen LogP contribution in [0.2, 0.25) is 0 Å². The highest BCUT2D eigenvalue weighted by atomic mass is 19.4. The van der Waals surface area contributed by atoms with E-state index in [-0.39, 0.29) is 11.2 Å². The van der Waals surface area contributed by atoms with Crippen LogP contribution in [0.4, 0.5) is 19.0 Å². The summed E-state index contributed by atoms with van der Waals surface area (Å²) in [5.74, 6) is 6.66. The second-order valence-electron chi connectivity index (χ2n) is 5.86. The number of hydrogen-bond donors (Lipinski definition) is 2. The molecule has 1 heterocycles. The van der Waals surface area contributed by atoms with Crippen molar-refractivity contribution in [1.29, 1.82) is 0 Å². The lowest BCUT2D eigenvalue weighted by Crippen LogP contribution is -2.24. The van der Waals surface area contributed by atoms with E-state index in [2.05, 4.69) is 4.98 Å². The molecule has 0 bridgehead atoms. The number of aromatic nitrogens is 2. The van der Waals surface area contributed by atoms with Crippen LogP contribution in [-0.2, 0) is 11.6 Å². The number of nitrogens with two attached hydrogens (primary N) is 2. The van der Waals surface area contributed by atoms with Crippen LogP contribution in [0.1, 0.15) is 32.2 Å². The van der Waals surface area contributed by atoms with Gasteiger partial charge in [-0.25, -0.2) is 9.66 Å². The van der Waals surface area contributed by atoms with Crippen molar-refractivity contribution in [3.8, 4) is 11.3 Å². The number of rotatable bonds is 1. The summed E-state index contributed by atoms with van der Waals surface area (Å²) < 4.78 is 39.0. The number of hydrogen-bond acceptors (Lipinski definition) is 3. The van der Waals surface area contributed by atoms with Gasteiger partial charge in [-0.2, -0.15) is 13.2 Å². The number of nitrogen functional groups attached to an aromatic ring is 2. The largest absolute Gasteiger partial charge is 0.416 e. The Morgan fingerprint density at radius 1 is 1.05 bits per heavy atom. The monoisotopic (exact) mass is 298 g/mol. The summed E-state index contributed by atoms with van der Waals surface area (Å²) in [4.78, 5) is 4.37. The Bertz CT molecular complexity index is 649. The summed E-state index contributed by atoms with van der Waals surface area (Å²) in [7, 11) is 0. The summed E-state index contributed by atoms with van der Waals surface area (Å²) in [5.41, 5.74) is 5.75.